The van der Waals surface area contributed by atoms with Crippen LogP contribution in [-0.2, 0) is 14.8 Å². The summed E-state index contributed by atoms with van der Waals surface area (Å²) in [4.78, 5) is 17.5. The van der Waals surface area contributed by atoms with E-state index in [9.17, 15) is 18.5 Å². The second-order valence-electron chi connectivity index (χ2n) is 9.10. The molecule has 0 radical (unpaired) electrons. The number of pyridine rings is 1. The average Bonchev–Trinajstić information content (AvgIpc) is 3.03. The van der Waals surface area contributed by atoms with E-state index in [1.54, 1.807) is 0 Å². The van der Waals surface area contributed by atoms with Gasteiger partial charge in [0.1, 0.15) is 11.1 Å². The second-order valence-corrected chi connectivity index (χ2v) is 12.3. The molecular weight excluding hydrogens is 604 g/mol. The Morgan fingerprint density at radius 2 is 1.56 bits per heavy atom. The zero-order valence-electron chi connectivity index (χ0n) is 22.4. The van der Waals surface area contributed by atoms with E-state index in [0.29, 0.717) is 22.0 Å². The number of thioether (sulfide) groups is 1. The number of hydrogen-bond donors (Lipinski definition) is 2. The van der Waals surface area contributed by atoms with Gasteiger partial charge in [-0.2, -0.15) is 5.26 Å². The van der Waals surface area contributed by atoms with E-state index in [4.69, 9.17) is 16.6 Å². The van der Waals surface area contributed by atoms with Gasteiger partial charge in [0.15, 0.2) is 11.0 Å². The second kappa shape index (κ2) is 13.5. The predicted molar refractivity (Wildman–Crippen MR) is 168 cm³/mol. The smallest absolute Gasteiger partial charge is 0.263 e. The standard InChI is InChI=1S/C31H23ClN6O3S2/c32-28-15-16-29(37-36-28)38-43(40,41)24-13-11-23(12-14-24)34-30(39)17-18-42-31-26(20-33)25(21-7-3-1-4-8-21)19-27(35-31)22-9-5-2-6-10-22/h1-16,19H,17-18H2,(H,34,39)(H,37,38). The molecule has 5 rings (SSSR count). The van der Waals surface area contributed by atoms with Gasteiger partial charge in [0.05, 0.1) is 16.2 Å². The lowest BCUT2D eigenvalue weighted by Crippen LogP contribution is -2.15. The van der Waals surface area contributed by atoms with Crippen molar-refractivity contribution in [3.63, 3.8) is 0 Å². The summed E-state index contributed by atoms with van der Waals surface area (Å²) in [5, 5.41) is 20.8. The lowest BCUT2D eigenvalue weighted by Gasteiger charge is -2.13. The molecule has 0 unspecified atom stereocenters. The highest BCUT2D eigenvalue weighted by molar-refractivity contribution is 7.99. The minimum absolute atomic E-state index is 0.0135. The topological polar surface area (TPSA) is 138 Å². The van der Waals surface area contributed by atoms with Crippen molar-refractivity contribution in [1.29, 1.82) is 5.26 Å². The van der Waals surface area contributed by atoms with Crippen LogP contribution in [0, 0.1) is 11.3 Å². The maximum Gasteiger partial charge on any atom is 0.263 e. The van der Waals surface area contributed by atoms with Crippen LogP contribution < -0.4 is 10.0 Å². The minimum Gasteiger partial charge on any atom is -0.326 e. The fourth-order valence-electron chi connectivity index (χ4n) is 4.08. The number of nitrogens with one attached hydrogen (secondary N) is 2. The van der Waals surface area contributed by atoms with Gasteiger partial charge in [-0.1, -0.05) is 72.3 Å². The summed E-state index contributed by atoms with van der Waals surface area (Å²) < 4.78 is 27.6. The summed E-state index contributed by atoms with van der Waals surface area (Å²) in [6, 6.07) is 32.2. The number of carbonyl (C=O) groups is 1. The largest absolute Gasteiger partial charge is 0.326 e. The first kappa shape index (κ1) is 29.7. The van der Waals surface area contributed by atoms with E-state index in [2.05, 4.69) is 26.3 Å². The average molecular weight is 627 g/mol. The summed E-state index contributed by atoms with van der Waals surface area (Å²) >= 11 is 7.03. The van der Waals surface area contributed by atoms with Crippen LogP contribution in [0.3, 0.4) is 0 Å². The van der Waals surface area contributed by atoms with Crippen LogP contribution in [-0.4, -0.2) is 35.3 Å². The number of amides is 1. The summed E-state index contributed by atoms with van der Waals surface area (Å²) in [5.74, 6) is 0.135. The van der Waals surface area contributed by atoms with Gasteiger partial charge >= 0.3 is 0 Å². The zero-order chi connectivity index (χ0) is 30.2. The Kier molecular flexibility index (Phi) is 9.32. The van der Waals surface area contributed by atoms with E-state index < -0.39 is 10.0 Å². The number of aromatic nitrogens is 3. The molecule has 214 valence electrons. The number of hydrogen-bond acceptors (Lipinski definition) is 8. The van der Waals surface area contributed by atoms with E-state index >= 15 is 0 Å². The number of sulfonamides is 1. The molecule has 5 aromatic rings. The maximum absolute atomic E-state index is 12.7. The normalized spacial score (nSPS) is 11.0. The highest BCUT2D eigenvalue weighted by Crippen LogP contribution is 2.34. The molecule has 0 saturated carbocycles. The summed E-state index contributed by atoms with van der Waals surface area (Å²) in [7, 11) is -3.92. The third-order valence-corrected chi connectivity index (χ3v) is 8.69. The fraction of sp³-hybridized carbons (Fsp3) is 0.0645. The molecule has 2 N–H and O–H groups in total. The summed E-state index contributed by atoms with van der Waals surface area (Å²) in [6.07, 6.45) is 0.143. The first-order valence-corrected chi connectivity index (χ1v) is 15.8. The molecule has 2 aromatic heterocycles. The molecule has 9 nitrogen and oxygen atoms in total. The number of nitrogens with zero attached hydrogens (tertiary/aromatic N) is 4. The number of rotatable bonds is 10. The Bertz CT molecular complexity index is 1880. The molecule has 0 atom stereocenters. The molecule has 3 aromatic carbocycles. The SMILES string of the molecule is N#Cc1c(-c2ccccc2)cc(-c2ccccc2)nc1SCCC(=O)Nc1ccc(S(=O)(=O)Nc2ccc(Cl)nn2)cc1. The van der Waals surface area contributed by atoms with Gasteiger partial charge in [0, 0.05) is 29.0 Å². The third-order valence-electron chi connectivity index (χ3n) is 6.14. The summed E-state index contributed by atoms with van der Waals surface area (Å²) in [5.41, 5.74) is 4.22. The highest BCUT2D eigenvalue weighted by atomic mass is 35.5. The number of anilines is 2. The van der Waals surface area contributed by atoms with Gasteiger partial charge in [0.2, 0.25) is 5.91 Å². The number of carbonyl (C=O) groups excluding carboxylic acids is 1. The molecule has 1 amide bonds. The van der Waals surface area contributed by atoms with Crippen molar-refractivity contribution in [3.05, 3.63) is 114 Å². The van der Waals surface area contributed by atoms with Gasteiger partial charge in [-0.25, -0.2) is 13.4 Å². The van der Waals surface area contributed by atoms with Gasteiger partial charge in [-0.3, -0.25) is 9.52 Å². The lowest BCUT2D eigenvalue weighted by molar-refractivity contribution is -0.115. The lowest BCUT2D eigenvalue weighted by atomic mass is 9.99. The van der Waals surface area contributed by atoms with Crippen molar-refractivity contribution in [2.45, 2.75) is 16.3 Å². The van der Waals surface area contributed by atoms with Crippen LogP contribution in [0.15, 0.2) is 113 Å². The van der Waals surface area contributed by atoms with Crippen molar-refractivity contribution in [2.75, 3.05) is 15.8 Å². The molecular formula is C31H23ClN6O3S2. The quantitative estimate of drug-likeness (QED) is 0.164. The van der Waals surface area contributed by atoms with Crippen LogP contribution in [0.25, 0.3) is 22.4 Å². The Morgan fingerprint density at radius 3 is 2.19 bits per heavy atom. The van der Waals surface area contributed by atoms with Crippen molar-refractivity contribution >= 4 is 50.8 Å². The number of nitriles is 1. The Labute approximate surface area is 258 Å². The van der Waals surface area contributed by atoms with Crippen LogP contribution in [0.2, 0.25) is 5.15 Å². The molecule has 0 aliphatic heterocycles. The zero-order valence-corrected chi connectivity index (χ0v) is 24.8. The molecule has 0 aliphatic carbocycles. The molecule has 2 heterocycles. The molecule has 0 aliphatic rings. The van der Waals surface area contributed by atoms with Crippen LogP contribution in [0.5, 0.6) is 0 Å². The van der Waals surface area contributed by atoms with E-state index in [1.165, 1.54) is 48.2 Å². The molecule has 12 heteroatoms. The fourth-order valence-corrected chi connectivity index (χ4v) is 6.13. The van der Waals surface area contributed by atoms with Gasteiger partial charge in [-0.15, -0.1) is 22.0 Å². The summed E-state index contributed by atoms with van der Waals surface area (Å²) in [6.45, 7) is 0. The Morgan fingerprint density at radius 1 is 0.884 bits per heavy atom. The van der Waals surface area contributed by atoms with Crippen molar-refractivity contribution in [3.8, 4) is 28.5 Å². The molecule has 0 bridgehead atoms. The van der Waals surface area contributed by atoms with Gasteiger partial charge in [-0.05, 0) is 48.0 Å². The van der Waals surface area contributed by atoms with Crippen molar-refractivity contribution in [1.82, 2.24) is 15.2 Å². The van der Waals surface area contributed by atoms with E-state index in [0.717, 1.165) is 22.4 Å². The minimum atomic E-state index is -3.92. The van der Waals surface area contributed by atoms with Gasteiger partial charge in [0.25, 0.3) is 10.0 Å². The van der Waals surface area contributed by atoms with Crippen LogP contribution >= 0.6 is 23.4 Å². The molecule has 0 fully saturated rings. The van der Waals surface area contributed by atoms with E-state index in [-0.39, 0.29) is 28.2 Å². The van der Waals surface area contributed by atoms with Crippen LogP contribution in [0.1, 0.15) is 12.0 Å². The Balaban J connectivity index is 1.26. The van der Waals surface area contributed by atoms with Crippen LogP contribution in [0.4, 0.5) is 11.5 Å². The van der Waals surface area contributed by atoms with Crippen molar-refractivity contribution in [2.24, 2.45) is 0 Å². The number of halogens is 1. The monoisotopic (exact) mass is 626 g/mol. The van der Waals surface area contributed by atoms with Crippen molar-refractivity contribution < 1.29 is 13.2 Å². The predicted octanol–water partition coefficient (Wildman–Crippen LogP) is 6.65. The van der Waals surface area contributed by atoms with Gasteiger partial charge < -0.3 is 5.32 Å². The first-order chi connectivity index (χ1) is 20.8. The molecule has 0 saturated heterocycles. The third kappa shape index (κ3) is 7.55. The molecule has 0 spiro atoms. The van der Waals surface area contributed by atoms with E-state index in [1.807, 2.05) is 66.7 Å². The number of benzene rings is 3. The Hall–Kier alpha value is -4.76. The maximum atomic E-state index is 12.7. The first-order valence-electron chi connectivity index (χ1n) is 12.9. The molecule has 43 heavy (non-hydrogen) atoms. The highest BCUT2D eigenvalue weighted by Gasteiger charge is 2.17.